The van der Waals surface area contributed by atoms with Crippen LogP contribution in [0.5, 0.6) is 5.75 Å². The Morgan fingerprint density at radius 2 is 2.23 bits per heavy atom. The smallest absolute Gasteiger partial charge is 0.255 e. The number of nitrogens with two attached hydrogens (primary N) is 1. The van der Waals surface area contributed by atoms with Crippen molar-refractivity contribution in [1.82, 2.24) is 10.6 Å². The second-order valence-corrected chi connectivity index (χ2v) is 6.12. The Bertz CT molecular complexity index is 674. The van der Waals surface area contributed by atoms with Crippen LogP contribution in [0.25, 0.3) is 0 Å². The van der Waals surface area contributed by atoms with Gasteiger partial charge in [0.25, 0.3) is 5.91 Å². The Labute approximate surface area is 165 Å². The number of carbonyl (C=O) groups is 1. The van der Waals surface area contributed by atoms with Gasteiger partial charge in [0, 0.05) is 26.1 Å². The maximum absolute atomic E-state index is 12.7. The van der Waals surface area contributed by atoms with Gasteiger partial charge in [0.15, 0.2) is 0 Å². The number of ether oxygens (including phenoxy) is 2. The van der Waals surface area contributed by atoms with Crippen molar-refractivity contribution in [2.24, 2.45) is 0 Å². The lowest BCUT2D eigenvalue weighted by Gasteiger charge is -2.31. The van der Waals surface area contributed by atoms with Crippen molar-refractivity contribution in [3.8, 4) is 17.6 Å². The number of halogens is 2. The molecule has 0 aliphatic carbocycles. The van der Waals surface area contributed by atoms with Gasteiger partial charge in [-0.05, 0) is 19.0 Å². The Morgan fingerprint density at radius 1 is 1.46 bits per heavy atom. The first-order valence-electron chi connectivity index (χ1n) is 8.28. The number of hydrogen-bond acceptors (Lipinski definition) is 5. The Morgan fingerprint density at radius 3 is 2.92 bits per heavy atom. The summed E-state index contributed by atoms with van der Waals surface area (Å²) in [5, 5.41) is 6.56. The van der Waals surface area contributed by atoms with Gasteiger partial charge in [-0.1, -0.05) is 24.4 Å². The molecule has 1 amide bonds. The van der Waals surface area contributed by atoms with Crippen LogP contribution >= 0.6 is 24.0 Å². The lowest BCUT2D eigenvalue weighted by molar-refractivity contribution is 0.0476. The van der Waals surface area contributed by atoms with Crippen LogP contribution < -0.4 is 21.1 Å². The number of anilines is 1. The highest BCUT2D eigenvalue weighted by atomic mass is 35.5. The minimum Gasteiger partial charge on any atom is -0.480 e. The number of methoxy groups -OCH3 is 1. The van der Waals surface area contributed by atoms with E-state index in [1.165, 1.54) is 6.07 Å². The molecule has 0 saturated carbocycles. The van der Waals surface area contributed by atoms with Crippen molar-refractivity contribution in [2.45, 2.75) is 31.9 Å². The van der Waals surface area contributed by atoms with Gasteiger partial charge in [0.2, 0.25) is 0 Å². The molecule has 1 saturated heterocycles. The first kappa shape index (κ1) is 22.4. The molecule has 1 heterocycles. The van der Waals surface area contributed by atoms with Crippen LogP contribution in [0, 0.1) is 11.8 Å². The zero-order valence-electron chi connectivity index (χ0n) is 14.9. The lowest BCUT2D eigenvalue weighted by atomic mass is 10.0. The molecule has 2 rings (SSSR count). The number of rotatable bonds is 5. The summed E-state index contributed by atoms with van der Waals surface area (Å²) in [6, 6.07) is 3.00. The standard InChI is InChI=1S/C18H24ClN3O3.ClH/c1-3-4-5-8-25-16-10-14(20)13(19)9-12(16)18(23)22-15-6-7-21-11-17(15)24-2;/h9-10,15,17,21H,3,6-8,11,20H2,1-2H3,(H,22,23);1H. The molecule has 0 spiro atoms. The molecule has 1 aromatic rings. The molecule has 26 heavy (non-hydrogen) atoms. The van der Waals surface area contributed by atoms with Crippen LogP contribution in [-0.4, -0.2) is 44.9 Å². The number of carbonyl (C=O) groups excluding carboxylic acids is 1. The van der Waals surface area contributed by atoms with Gasteiger partial charge in [-0.3, -0.25) is 4.79 Å². The maximum atomic E-state index is 12.7. The van der Waals surface area contributed by atoms with Gasteiger partial charge in [-0.25, -0.2) is 0 Å². The van der Waals surface area contributed by atoms with E-state index in [4.69, 9.17) is 26.8 Å². The molecule has 2 atom stereocenters. The van der Waals surface area contributed by atoms with Crippen LogP contribution in [0.4, 0.5) is 5.69 Å². The zero-order valence-corrected chi connectivity index (χ0v) is 16.5. The van der Waals surface area contributed by atoms with E-state index in [2.05, 4.69) is 22.5 Å². The average Bonchev–Trinajstić information content (AvgIpc) is 2.61. The van der Waals surface area contributed by atoms with E-state index in [9.17, 15) is 4.79 Å². The minimum absolute atomic E-state index is 0. The molecule has 0 bridgehead atoms. The number of hydrogen-bond donors (Lipinski definition) is 3. The van der Waals surface area contributed by atoms with Crippen LogP contribution in [0.1, 0.15) is 30.1 Å². The molecule has 1 aromatic carbocycles. The van der Waals surface area contributed by atoms with Gasteiger partial charge in [0.05, 0.1) is 28.4 Å². The van der Waals surface area contributed by atoms with Crippen molar-refractivity contribution in [2.75, 3.05) is 32.5 Å². The Balaban J connectivity index is 0.00000338. The van der Waals surface area contributed by atoms with Gasteiger partial charge in [-0.2, -0.15) is 0 Å². The SMILES string of the molecule is CCC#CCOc1cc(N)c(Cl)cc1C(=O)NC1CCNCC1OC.Cl. The maximum Gasteiger partial charge on any atom is 0.255 e. The largest absolute Gasteiger partial charge is 0.480 e. The molecular formula is C18H25Cl2N3O3. The second-order valence-electron chi connectivity index (χ2n) is 5.71. The van der Waals surface area contributed by atoms with Crippen molar-refractivity contribution in [1.29, 1.82) is 0 Å². The number of amides is 1. The molecule has 8 heteroatoms. The van der Waals surface area contributed by atoms with Gasteiger partial charge in [0.1, 0.15) is 12.4 Å². The topological polar surface area (TPSA) is 85.6 Å². The van der Waals surface area contributed by atoms with Crippen LogP contribution in [0.2, 0.25) is 5.02 Å². The quantitative estimate of drug-likeness (QED) is 0.520. The third kappa shape index (κ3) is 5.96. The van der Waals surface area contributed by atoms with Crippen molar-refractivity contribution in [3.63, 3.8) is 0 Å². The van der Waals surface area contributed by atoms with E-state index in [1.807, 2.05) is 6.92 Å². The van der Waals surface area contributed by atoms with Crippen molar-refractivity contribution in [3.05, 3.63) is 22.7 Å². The molecule has 6 nitrogen and oxygen atoms in total. The molecule has 4 N–H and O–H groups in total. The van der Waals surface area contributed by atoms with E-state index in [0.29, 0.717) is 28.6 Å². The summed E-state index contributed by atoms with van der Waals surface area (Å²) in [6.07, 6.45) is 1.44. The molecule has 1 fully saturated rings. The van der Waals surface area contributed by atoms with E-state index in [0.717, 1.165) is 19.4 Å². The fourth-order valence-corrected chi connectivity index (χ4v) is 2.81. The van der Waals surface area contributed by atoms with Crippen LogP contribution in [0.15, 0.2) is 12.1 Å². The van der Waals surface area contributed by atoms with E-state index in [1.54, 1.807) is 13.2 Å². The number of nitrogens with one attached hydrogen (secondary N) is 2. The van der Waals surface area contributed by atoms with Gasteiger partial charge >= 0.3 is 0 Å². The highest BCUT2D eigenvalue weighted by molar-refractivity contribution is 6.33. The second kappa shape index (κ2) is 11.1. The number of piperidine rings is 1. The minimum atomic E-state index is -0.269. The third-order valence-electron chi connectivity index (χ3n) is 3.99. The van der Waals surface area contributed by atoms with E-state index >= 15 is 0 Å². The first-order chi connectivity index (χ1) is 12.1. The van der Waals surface area contributed by atoms with Gasteiger partial charge in [-0.15, -0.1) is 18.3 Å². The van der Waals surface area contributed by atoms with Crippen molar-refractivity contribution >= 4 is 35.6 Å². The molecule has 0 radical (unpaired) electrons. The normalized spacial score (nSPS) is 18.9. The molecule has 0 aromatic heterocycles. The summed E-state index contributed by atoms with van der Waals surface area (Å²) < 4.78 is 11.1. The Hall–Kier alpha value is -1.65. The average molecular weight is 402 g/mol. The predicted octanol–water partition coefficient (Wildman–Crippen LogP) is 2.24. The predicted molar refractivity (Wildman–Crippen MR) is 106 cm³/mol. The van der Waals surface area contributed by atoms with Gasteiger partial charge < -0.3 is 25.8 Å². The van der Waals surface area contributed by atoms with E-state index < -0.39 is 0 Å². The summed E-state index contributed by atoms with van der Waals surface area (Å²) in [6.45, 7) is 3.66. The third-order valence-corrected chi connectivity index (χ3v) is 4.32. The zero-order chi connectivity index (χ0) is 18.2. The van der Waals surface area contributed by atoms with Crippen LogP contribution in [-0.2, 0) is 4.74 Å². The summed E-state index contributed by atoms with van der Waals surface area (Å²) in [4.78, 5) is 12.7. The summed E-state index contributed by atoms with van der Waals surface area (Å²) >= 11 is 6.09. The van der Waals surface area contributed by atoms with Crippen LogP contribution in [0.3, 0.4) is 0 Å². The highest BCUT2D eigenvalue weighted by Gasteiger charge is 2.27. The molecule has 144 valence electrons. The number of nitrogen functional groups attached to an aromatic ring is 1. The number of benzene rings is 1. The molecule has 1 aliphatic rings. The van der Waals surface area contributed by atoms with Crippen molar-refractivity contribution < 1.29 is 14.3 Å². The fraction of sp³-hybridized carbons (Fsp3) is 0.500. The molecule has 2 unspecified atom stereocenters. The Kier molecular flexibility index (Phi) is 9.60. The summed E-state index contributed by atoms with van der Waals surface area (Å²) in [5.74, 6) is 5.89. The van der Waals surface area contributed by atoms with E-state index in [-0.39, 0.29) is 37.1 Å². The lowest BCUT2D eigenvalue weighted by Crippen LogP contribution is -2.53. The highest BCUT2D eigenvalue weighted by Crippen LogP contribution is 2.29. The summed E-state index contributed by atoms with van der Waals surface area (Å²) in [5.41, 5.74) is 6.53. The molecule has 1 aliphatic heterocycles. The fourth-order valence-electron chi connectivity index (χ4n) is 2.64. The first-order valence-corrected chi connectivity index (χ1v) is 8.66. The monoisotopic (exact) mass is 401 g/mol. The molecular weight excluding hydrogens is 377 g/mol. The summed E-state index contributed by atoms with van der Waals surface area (Å²) in [7, 11) is 1.64.